The number of rotatable bonds is 3. The second-order valence-corrected chi connectivity index (χ2v) is 4.74. The largest absolute Gasteiger partial charge is 0.504 e. The number of amides is 4. The van der Waals surface area contributed by atoms with Crippen molar-refractivity contribution >= 4 is 23.7 Å². The average molecular weight is 312 g/mol. The second kappa shape index (κ2) is 5.76. The van der Waals surface area contributed by atoms with Crippen LogP contribution in [0.1, 0.15) is 20.7 Å². The molecule has 3 rings (SSSR count). The fourth-order valence-corrected chi connectivity index (χ4v) is 2.18. The zero-order chi connectivity index (χ0) is 16.4. The van der Waals surface area contributed by atoms with Crippen molar-refractivity contribution < 1.29 is 19.5 Å². The molecule has 116 valence electrons. The summed E-state index contributed by atoms with van der Waals surface area (Å²) in [6.45, 7) is -0.286. The van der Waals surface area contributed by atoms with Gasteiger partial charge in [-0.25, -0.2) is 9.78 Å². The maximum absolute atomic E-state index is 12.1. The van der Waals surface area contributed by atoms with Crippen LogP contribution in [0.3, 0.4) is 0 Å². The van der Waals surface area contributed by atoms with E-state index in [1.165, 1.54) is 18.3 Å². The van der Waals surface area contributed by atoms with Gasteiger partial charge in [-0.1, -0.05) is 12.1 Å². The normalized spacial score (nSPS) is 13.0. The maximum Gasteiger partial charge on any atom is 0.321 e. The third kappa shape index (κ3) is 2.69. The number of carbonyl (C=O) groups excluding carboxylic acids is 3. The van der Waals surface area contributed by atoms with Crippen LogP contribution in [0.25, 0.3) is 0 Å². The Kier molecular flexibility index (Phi) is 3.63. The molecule has 0 spiro atoms. The molecule has 0 unspecified atom stereocenters. The van der Waals surface area contributed by atoms with E-state index in [1.54, 1.807) is 24.3 Å². The third-order valence-electron chi connectivity index (χ3n) is 3.29. The fraction of sp³-hybridized carbons (Fsp3) is 0.0667. The number of carbonyl (C=O) groups is 3. The van der Waals surface area contributed by atoms with Gasteiger partial charge in [0.15, 0.2) is 11.6 Å². The van der Waals surface area contributed by atoms with E-state index >= 15 is 0 Å². The predicted octanol–water partition coefficient (Wildman–Crippen LogP) is 1.16. The molecule has 2 heterocycles. The fourth-order valence-electron chi connectivity index (χ4n) is 2.18. The van der Waals surface area contributed by atoms with Crippen LogP contribution in [0.2, 0.25) is 0 Å². The number of urea groups is 1. The van der Waals surface area contributed by atoms with E-state index in [-0.39, 0.29) is 18.2 Å². The Morgan fingerprint density at radius 3 is 2.35 bits per heavy atom. The minimum absolute atomic E-state index is 0.0210. The Morgan fingerprint density at radius 1 is 1.09 bits per heavy atom. The van der Waals surface area contributed by atoms with E-state index in [0.717, 1.165) is 4.90 Å². The molecule has 1 aromatic heterocycles. The summed E-state index contributed by atoms with van der Waals surface area (Å²) in [4.78, 5) is 40.7. The molecule has 8 nitrogen and oxygen atoms in total. The summed E-state index contributed by atoms with van der Waals surface area (Å²) in [7, 11) is 0. The van der Waals surface area contributed by atoms with E-state index in [0.29, 0.717) is 11.1 Å². The van der Waals surface area contributed by atoms with Crippen LogP contribution < -0.4 is 10.6 Å². The molecule has 0 fully saturated rings. The van der Waals surface area contributed by atoms with Gasteiger partial charge in [-0.15, -0.1) is 0 Å². The van der Waals surface area contributed by atoms with Crippen molar-refractivity contribution in [1.82, 2.24) is 15.2 Å². The van der Waals surface area contributed by atoms with Gasteiger partial charge in [-0.3, -0.25) is 19.8 Å². The molecular formula is C15H12N4O4. The summed E-state index contributed by atoms with van der Waals surface area (Å²) < 4.78 is 0. The minimum atomic E-state index is -0.699. The van der Waals surface area contributed by atoms with Crippen LogP contribution in [-0.2, 0) is 0 Å². The first-order valence-corrected chi connectivity index (χ1v) is 6.72. The zero-order valence-corrected chi connectivity index (χ0v) is 11.8. The molecule has 1 aromatic carbocycles. The highest BCUT2D eigenvalue weighted by molar-refractivity contribution is 6.21. The number of hydrogen-bond acceptors (Lipinski definition) is 5. The first-order valence-electron chi connectivity index (χ1n) is 6.72. The summed E-state index contributed by atoms with van der Waals surface area (Å²) in [6.07, 6.45) is 1.40. The standard InChI is InChI=1S/C15H12N4O4/c20-11-6-3-7-16-12(11)18-15(23)17-8-19-13(21)9-4-1-2-5-10(9)14(19)22/h1-7,20H,8H2,(H2,16,17,18,23). The third-order valence-corrected chi connectivity index (χ3v) is 3.29. The first-order chi connectivity index (χ1) is 11.1. The lowest BCUT2D eigenvalue weighted by Gasteiger charge is -2.15. The van der Waals surface area contributed by atoms with Gasteiger partial charge in [-0.2, -0.15) is 0 Å². The highest BCUT2D eigenvalue weighted by Gasteiger charge is 2.35. The highest BCUT2D eigenvalue weighted by Crippen LogP contribution is 2.21. The molecule has 0 bridgehead atoms. The zero-order valence-electron chi connectivity index (χ0n) is 11.8. The van der Waals surface area contributed by atoms with Gasteiger partial charge in [-0.05, 0) is 24.3 Å². The SMILES string of the molecule is O=C(NCN1C(=O)c2ccccc2C1=O)Nc1ncccc1O. The van der Waals surface area contributed by atoms with Crippen LogP contribution >= 0.6 is 0 Å². The monoisotopic (exact) mass is 312 g/mol. The first kappa shape index (κ1) is 14.5. The van der Waals surface area contributed by atoms with Gasteiger partial charge in [0.25, 0.3) is 11.8 Å². The Balaban J connectivity index is 1.63. The summed E-state index contributed by atoms with van der Waals surface area (Å²) in [5, 5.41) is 14.2. The number of aromatic hydroxyl groups is 1. The van der Waals surface area contributed by atoms with Crippen molar-refractivity contribution in [3.63, 3.8) is 0 Å². The number of nitrogens with zero attached hydrogens (tertiary/aromatic N) is 2. The molecular weight excluding hydrogens is 300 g/mol. The molecule has 0 saturated heterocycles. The lowest BCUT2D eigenvalue weighted by molar-refractivity contribution is 0.0648. The molecule has 4 amide bonds. The van der Waals surface area contributed by atoms with Gasteiger partial charge >= 0.3 is 6.03 Å². The number of fused-ring (bicyclic) bond motifs is 1. The van der Waals surface area contributed by atoms with Crippen molar-refractivity contribution in [1.29, 1.82) is 0 Å². The van der Waals surface area contributed by atoms with E-state index in [9.17, 15) is 19.5 Å². The molecule has 1 aliphatic heterocycles. The van der Waals surface area contributed by atoms with Gasteiger partial charge < -0.3 is 10.4 Å². The quantitative estimate of drug-likeness (QED) is 0.736. The Morgan fingerprint density at radius 2 is 1.74 bits per heavy atom. The number of anilines is 1. The number of aromatic nitrogens is 1. The van der Waals surface area contributed by atoms with E-state index in [2.05, 4.69) is 15.6 Å². The minimum Gasteiger partial charge on any atom is -0.504 e. The summed E-state index contributed by atoms with van der Waals surface area (Å²) in [5.41, 5.74) is 0.615. The average Bonchev–Trinajstić information content (AvgIpc) is 2.80. The summed E-state index contributed by atoms with van der Waals surface area (Å²) in [6, 6.07) is 8.62. The number of nitrogens with one attached hydrogen (secondary N) is 2. The lowest BCUT2D eigenvalue weighted by Crippen LogP contribution is -2.42. The number of hydrogen-bond donors (Lipinski definition) is 3. The number of benzene rings is 1. The highest BCUT2D eigenvalue weighted by atomic mass is 16.3. The van der Waals surface area contributed by atoms with Crippen molar-refractivity contribution in [2.24, 2.45) is 0 Å². The molecule has 2 aromatic rings. The van der Waals surface area contributed by atoms with Crippen molar-refractivity contribution in [2.45, 2.75) is 0 Å². The Bertz CT molecular complexity index is 771. The van der Waals surface area contributed by atoms with Gasteiger partial charge in [0.2, 0.25) is 0 Å². The van der Waals surface area contributed by atoms with Crippen LogP contribution in [0, 0.1) is 0 Å². The molecule has 0 atom stereocenters. The van der Waals surface area contributed by atoms with Gasteiger partial charge in [0.1, 0.15) is 6.67 Å². The van der Waals surface area contributed by atoms with Crippen LogP contribution in [0.4, 0.5) is 10.6 Å². The van der Waals surface area contributed by atoms with Crippen LogP contribution in [0.15, 0.2) is 42.6 Å². The molecule has 3 N–H and O–H groups in total. The van der Waals surface area contributed by atoms with Crippen molar-refractivity contribution in [3.8, 4) is 5.75 Å². The second-order valence-electron chi connectivity index (χ2n) is 4.74. The predicted molar refractivity (Wildman–Crippen MR) is 79.9 cm³/mol. The lowest BCUT2D eigenvalue weighted by atomic mass is 10.1. The Labute approximate surface area is 130 Å². The van der Waals surface area contributed by atoms with E-state index in [1.807, 2.05) is 0 Å². The molecule has 1 aliphatic rings. The molecule has 8 heteroatoms. The molecule has 23 heavy (non-hydrogen) atoms. The molecule has 0 saturated carbocycles. The maximum atomic E-state index is 12.1. The Hall–Kier alpha value is -3.42. The topological polar surface area (TPSA) is 112 Å². The van der Waals surface area contributed by atoms with Gasteiger partial charge in [0, 0.05) is 6.20 Å². The smallest absolute Gasteiger partial charge is 0.321 e. The van der Waals surface area contributed by atoms with Crippen LogP contribution in [0.5, 0.6) is 5.75 Å². The van der Waals surface area contributed by atoms with E-state index < -0.39 is 17.8 Å². The van der Waals surface area contributed by atoms with Crippen LogP contribution in [-0.4, -0.2) is 39.5 Å². The van der Waals surface area contributed by atoms with Crippen molar-refractivity contribution in [3.05, 3.63) is 53.7 Å². The summed E-state index contributed by atoms with van der Waals surface area (Å²) in [5.74, 6) is -1.14. The summed E-state index contributed by atoms with van der Waals surface area (Å²) >= 11 is 0. The number of pyridine rings is 1. The van der Waals surface area contributed by atoms with Gasteiger partial charge in [0.05, 0.1) is 11.1 Å². The molecule has 0 radical (unpaired) electrons. The molecule has 0 aliphatic carbocycles. The van der Waals surface area contributed by atoms with Crippen molar-refractivity contribution in [2.75, 3.05) is 12.0 Å². The number of imide groups is 1. The van der Waals surface area contributed by atoms with E-state index in [4.69, 9.17) is 0 Å².